The Labute approximate surface area is 116 Å². The van der Waals surface area contributed by atoms with Crippen molar-refractivity contribution in [2.75, 3.05) is 6.54 Å². The monoisotopic (exact) mass is 257 g/mol. The molecule has 1 aromatic rings. The van der Waals surface area contributed by atoms with Gasteiger partial charge in [0.05, 0.1) is 6.54 Å². The second kappa shape index (κ2) is 9.22. The zero-order valence-electron chi connectivity index (χ0n) is 11.9. The summed E-state index contributed by atoms with van der Waals surface area (Å²) in [6.07, 6.45) is 4.68. The third-order valence-corrected chi connectivity index (χ3v) is 3.08. The van der Waals surface area contributed by atoms with Gasteiger partial charge in [-0.2, -0.15) is 0 Å². The molecule has 1 amide bonds. The van der Waals surface area contributed by atoms with Crippen LogP contribution in [-0.4, -0.2) is 12.5 Å². The molecule has 0 saturated heterocycles. The summed E-state index contributed by atoms with van der Waals surface area (Å²) in [6.45, 7) is 4.79. The summed E-state index contributed by atoms with van der Waals surface area (Å²) in [5.41, 5.74) is 0.683. The molecule has 0 spiro atoms. The van der Waals surface area contributed by atoms with Gasteiger partial charge < -0.3 is 5.32 Å². The number of carbonyl (C=O) groups is 1. The molecule has 0 aliphatic heterocycles. The molecule has 0 heterocycles. The summed E-state index contributed by atoms with van der Waals surface area (Å²) in [4.78, 5) is 11.8. The molecular formula is C17H23NO. The fourth-order valence-electron chi connectivity index (χ4n) is 1.84. The smallest absolute Gasteiger partial charge is 0.252 e. The Morgan fingerprint density at radius 2 is 2.00 bits per heavy atom. The normalized spacial score (nSPS) is 11.3. The molecule has 0 fully saturated rings. The number of benzene rings is 1. The van der Waals surface area contributed by atoms with Gasteiger partial charge in [0.1, 0.15) is 0 Å². The molecule has 0 saturated carbocycles. The van der Waals surface area contributed by atoms with Crippen molar-refractivity contribution in [3.05, 3.63) is 35.9 Å². The molecule has 0 radical (unpaired) electrons. The van der Waals surface area contributed by atoms with E-state index in [2.05, 4.69) is 31.0 Å². The fraction of sp³-hybridized carbons (Fsp3) is 0.471. The standard InChI is InChI=1S/C17H23NO/c1-3-5-10-15(4-2)11-9-14-18-17(19)16-12-7-6-8-13-16/h6-8,12-13,15H,3-5,10,14H2,1-2H3,(H,18,19). The van der Waals surface area contributed by atoms with Crippen LogP contribution < -0.4 is 5.32 Å². The number of amides is 1. The molecule has 0 aromatic heterocycles. The highest BCUT2D eigenvalue weighted by molar-refractivity contribution is 5.94. The Morgan fingerprint density at radius 3 is 2.63 bits per heavy atom. The minimum atomic E-state index is -0.0588. The summed E-state index contributed by atoms with van der Waals surface area (Å²) < 4.78 is 0. The van der Waals surface area contributed by atoms with Crippen LogP contribution in [0, 0.1) is 17.8 Å². The molecular weight excluding hydrogens is 234 g/mol. The maximum Gasteiger partial charge on any atom is 0.252 e. The van der Waals surface area contributed by atoms with E-state index in [4.69, 9.17) is 0 Å². The van der Waals surface area contributed by atoms with Crippen LogP contribution in [0.3, 0.4) is 0 Å². The molecule has 1 unspecified atom stereocenters. The van der Waals surface area contributed by atoms with Crippen molar-refractivity contribution >= 4 is 5.91 Å². The van der Waals surface area contributed by atoms with Crippen LogP contribution in [-0.2, 0) is 0 Å². The van der Waals surface area contributed by atoms with E-state index in [-0.39, 0.29) is 5.91 Å². The quantitative estimate of drug-likeness (QED) is 0.775. The van der Waals surface area contributed by atoms with E-state index in [1.165, 1.54) is 12.8 Å². The first-order valence-electron chi connectivity index (χ1n) is 7.09. The van der Waals surface area contributed by atoms with E-state index in [0.717, 1.165) is 12.8 Å². The van der Waals surface area contributed by atoms with Crippen LogP contribution in [0.2, 0.25) is 0 Å². The highest BCUT2D eigenvalue weighted by Gasteiger charge is 2.02. The van der Waals surface area contributed by atoms with Gasteiger partial charge in [0.2, 0.25) is 0 Å². The van der Waals surface area contributed by atoms with Crippen molar-refractivity contribution in [1.82, 2.24) is 5.32 Å². The van der Waals surface area contributed by atoms with Gasteiger partial charge in [0.15, 0.2) is 0 Å². The molecule has 0 aliphatic carbocycles. The van der Waals surface area contributed by atoms with Crippen LogP contribution in [0.4, 0.5) is 0 Å². The Morgan fingerprint density at radius 1 is 1.26 bits per heavy atom. The van der Waals surface area contributed by atoms with Gasteiger partial charge in [-0.25, -0.2) is 0 Å². The highest BCUT2D eigenvalue weighted by Crippen LogP contribution is 2.10. The lowest BCUT2D eigenvalue weighted by Gasteiger charge is -2.05. The van der Waals surface area contributed by atoms with Gasteiger partial charge >= 0.3 is 0 Å². The predicted octanol–water partition coefficient (Wildman–Crippen LogP) is 3.64. The van der Waals surface area contributed by atoms with Crippen molar-refractivity contribution < 1.29 is 4.79 Å². The molecule has 2 nitrogen and oxygen atoms in total. The first-order chi connectivity index (χ1) is 9.27. The topological polar surface area (TPSA) is 29.1 Å². The van der Waals surface area contributed by atoms with Gasteiger partial charge in [-0.05, 0) is 25.0 Å². The van der Waals surface area contributed by atoms with E-state index in [1.807, 2.05) is 18.2 Å². The number of nitrogens with one attached hydrogen (secondary N) is 1. The van der Waals surface area contributed by atoms with Crippen molar-refractivity contribution in [3.8, 4) is 11.8 Å². The summed E-state index contributed by atoms with van der Waals surface area (Å²) in [6, 6.07) is 9.23. The van der Waals surface area contributed by atoms with Crippen LogP contribution in [0.25, 0.3) is 0 Å². The SMILES string of the molecule is CCCCC(C#CCNC(=O)c1ccccc1)CC. The minimum absolute atomic E-state index is 0.0588. The largest absolute Gasteiger partial charge is 0.341 e. The van der Waals surface area contributed by atoms with Gasteiger partial charge in [0.25, 0.3) is 5.91 Å². The molecule has 0 bridgehead atoms. The molecule has 1 rings (SSSR count). The average Bonchev–Trinajstić information content (AvgIpc) is 2.47. The van der Waals surface area contributed by atoms with E-state index in [0.29, 0.717) is 18.0 Å². The summed E-state index contributed by atoms with van der Waals surface area (Å²) in [5, 5.41) is 2.82. The maximum atomic E-state index is 11.8. The minimum Gasteiger partial charge on any atom is -0.341 e. The van der Waals surface area contributed by atoms with Crippen molar-refractivity contribution in [2.24, 2.45) is 5.92 Å². The summed E-state index contributed by atoms with van der Waals surface area (Å²) >= 11 is 0. The first-order valence-corrected chi connectivity index (χ1v) is 7.09. The summed E-state index contributed by atoms with van der Waals surface area (Å²) in [5.74, 6) is 6.72. The molecule has 102 valence electrons. The fourth-order valence-corrected chi connectivity index (χ4v) is 1.84. The van der Waals surface area contributed by atoms with E-state index in [9.17, 15) is 4.79 Å². The Bertz CT molecular complexity index is 428. The first kappa shape index (κ1) is 15.3. The number of hydrogen-bond donors (Lipinski definition) is 1. The lowest BCUT2D eigenvalue weighted by atomic mass is 10.0. The predicted molar refractivity (Wildman–Crippen MR) is 79.9 cm³/mol. The van der Waals surface area contributed by atoms with E-state index < -0.39 is 0 Å². The zero-order valence-corrected chi connectivity index (χ0v) is 11.9. The van der Waals surface area contributed by atoms with Crippen LogP contribution in [0.15, 0.2) is 30.3 Å². The van der Waals surface area contributed by atoms with Crippen LogP contribution in [0.1, 0.15) is 49.9 Å². The lowest BCUT2D eigenvalue weighted by molar-refractivity contribution is 0.0958. The third-order valence-electron chi connectivity index (χ3n) is 3.08. The maximum absolute atomic E-state index is 11.8. The Balaban J connectivity index is 2.35. The van der Waals surface area contributed by atoms with Crippen molar-refractivity contribution in [3.63, 3.8) is 0 Å². The van der Waals surface area contributed by atoms with Crippen molar-refractivity contribution in [2.45, 2.75) is 39.5 Å². The number of rotatable bonds is 6. The second-order valence-corrected chi connectivity index (χ2v) is 4.62. The second-order valence-electron chi connectivity index (χ2n) is 4.62. The molecule has 1 aromatic carbocycles. The van der Waals surface area contributed by atoms with E-state index >= 15 is 0 Å². The Kier molecular flexibility index (Phi) is 7.43. The van der Waals surface area contributed by atoms with Crippen LogP contribution in [0.5, 0.6) is 0 Å². The molecule has 1 atom stereocenters. The van der Waals surface area contributed by atoms with Crippen molar-refractivity contribution in [1.29, 1.82) is 0 Å². The lowest BCUT2D eigenvalue weighted by Crippen LogP contribution is -2.23. The highest BCUT2D eigenvalue weighted by atomic mass is 16.1. The van der Waals surface area contributed by atoms with E-state index in [1.54, 1.807) is 12.1 Å². The van der Waals surface area contributed by atoms with Gasteiger partial charge in [-0.1, -0.05) is 56.7 Å². The molecule has 19 heavy (non-hydrogen) atoms. The molecule has 2 heteroatoms. The Hall–Kier alpha value is -1.75. The number of hydrogen-bond acceptors (Lipinski definition) is 1. The van der Waals surface area contributed by atoms with Crippen LogP contribution >= 0.6 is 0 Å². The molecule has 0 aliphatic rings. The average molecular weight is 257 g/mol. The zero-order chi connectivity index (χ0) is 13.9. The number of carbonyl (C=O) groups excluding carboxylic acids is 1. The summed E-state index contributed by atoms with van der Waals surface area (Å²) in [7, 11) is 0. The van der Waals surface area contributed by atoms with Gasteiger partial charge in [0, 0.05) is 11.5 Å². The molecule has 1 N–H and O–H groups in total. The van der Waals surface area contributed by atoms with Gasteiger partial charge in [-0.3, -0.25) is 4.79 Å². The third kappa shape index (κ3) is 6.10. The van der Waals surface area contributed by atoms with Gasteiger partial charge in [-0.15, -0.1) is 0 Å². The number of unbranched alkanes of at least 4 members (excludes halogenated alkanes) is 1.